The minimum atomic E-state index is -1.10. The first kappa shape index (κ1) is 13.0. The summed E-state index contributed by atoms with van der Waals surface area (Å²) in [6, 6.07) is 12.2. The van der Waals surface area contributed by atoms with E-state index >= 15 is 0 Å². The van der Waals surface area contributed by atoms with Crippen molar-refractivity contribution in [1.82, 2.24) is 0 Å². The smallest absolute Gasteiger partial charge is 0.305 e. The van der Waals surface area contributed by atoms with Crippen LogP contribution in [0, 0.1) is 0 Å². The number of amides is 1. The number of anilines is 1. The molecule has 4 N–H and O–H groups in total. The highest BCUT2D eigenvalue weighted by Crippen LogP contribution is 2.18. The van der Waals surface area contributed by atoms with E-state index < -0.39 is 17.9 Å². The lowest BCUT2D eigenvalue weighted by Crippen LogP contribution is -2.37. The number of carboxylic acid groups (broad SMARTS) is 1. The van der Waals surface area contributed by atoms with E-state index in [9.17, 15) is 9.59 Å². The molecule has 0 radical (unpaired) electrons. The third kappa shape index (κ3) is 3.29. The molecular weight excluding hydrogens is 244 g/mol. The Labute approximate surface area is 110 Å². The van der Waals surface area contributed by atoms with Gasteiger partial charge in [0.05, 0.1) is 12.5 Å². The number of carbonyl (C=O) groups excluding carboxylic acids is 1. The van der Waals surface area contributed by atoms with E-state index in [0.29, 0.717) is 5.69 Å². The van der Waals surface area contributed by atoms with Gasteiger partial charge in [0.15, 0.2) is 0 Å². The molecule has 2 aromatic carbocycles. The minimum absolute atomic E-state index is 0.389. The van der Waals surface area contributed by atoms with Gasteiger partial charge in [0.25, 0.3) is 0 Å². The molecule has 0 spiro atoms. The van der Waals surface area contributed by atoms with Crippen molar-refractivity contribution in [3.8, 4) is 0 Å². The molecule has 0 fully saturated rings. The molecule has 0 saturated heterocycles. The van der Waals surface area contributed by atoms with Gasteiger partial charge in [-0.3, -0.25) is 9.59 Å². The lowest BCUT2D eigenvalue weighted by Gasteiger charge is -2.10. The van der Waals surface area contributed by atoms with Gasteiger partial charge in [-0.2, -0.15) is 0 Å². The van der Waals surface area contributed by atoms with Crippen molar-refractivity contribution in [2.45, 2.75) is 12.5 Å². The van der Waals surface area contributed by atoms with Crippen LogP contribution in [0.5, 0.6) is 0 Å². The topological polar surface area (TPSA) is 92.4 Å². The second-order valence-electron chi connectivity index (χ2n) is 4.26. The largest absolute Gasteiger partial charge is 0.481 e. The third-order valence-electron chi connectivity index (χ3n) is 2.75. The number of carboxylic acids is 1. The Morgan fingerprint density at radius 3 is 2.53 bits per heavy atom. The molecular formula is C14H14N2O3. The molecule has 0 saturated carbocycles. The lowest BCUT2D eigenvalue weighted by atomic mass is 10.1. The van der Waals surface area contributed by atoms with E-state index in [4.69, 9.17) is 10.8 Å². The maximum Gasteiger partial charge on any atom is 0.305 e. The van der Waals surface area contributed by atoms with Crippen LogP contribution in [0.2, 0.25) is 0 Å². The first-order chi connectivity index (χ1) is 9.06. The quantitative estimate of drug-likeness (QED) is 0.776. The third-order valence-corrected chi connectivity index (χ3v) is 2.75. The number of fused-ring (bicyclic) bond motifs is 1. The van der Waals surface area contributed by atoms with Crippen LogP contribution < -0.4 is 11.1 Å². The van der Waals surface area contributed by atoms with Crippen molar-refractivity contribution in [3.05, 3.63) is 42.5 Å². The Hall–Kier alpha value is -2.40. The summed E-state index contributed by atoms with van der Waals surface area (Å²) in [5.74, 6) is -1.60. The summed E-state index contributed by atoms with van der Waals surface area (Å²) in [5.41, 5.74) is 6.09. The zero-order valence-corrected chi connectivity index (χ0v) is 10.2. The van der Waals surface area contributed by atoms with Gasteiger partial charge in [0.2, 0.25) is 5.91 Å². The van der Waals surface area contributed by atoms with E-state index in [1.807, 2.05) is 36.4 Å². The molecule has 98 valence electrons. The fourth-order valence-corrected chi connectivity index (χ4v) is 1.78. The van der Waals surface area contributed by atoms with Crippen molar-refractivity contribution in [2.24, 2.45) is 5.73 Å². The van der Waals surface area contributed by atoms with E-state index in [1.54, 1.807) is 6.07 Å². The molecule has 0 aromatic heterocycles. The molecule has 2 aromatic rings. The Balaban J connectivity index is 2.12. The fraction of sp³-hybridized carbons (Fsp3) is 0.143. The SMILES string of the molecule is NC(CC(=O)O)C(=O)Nc1ccc2ccccc2c1. The van der Waals surface area contributed by atoms with Crippen LogP contribution in [-0.4, -0.2) is 23.0 Å². The van der Waals surface area contributed by atoms with E-state index in [0.717, 1.165) is 10.8 Å². The van der Waals surface area contributed by atoms with Crippen LogP contribution in [0.25, 0.3) is 10.8 Å². The molecule has 0 bridgehead atoms. The number of hydrogen-bond acceptors (Lipinski definition) is 3. The minimum Gasteiger partial charge on any atom is -0.481 e. The van der Waals surface area contributed by atoms with Gasteiger partial charge < -0.3 is 16.2 Å². The number of rotatable bonds is 4. The zero-order chi connectivity index (χ0) is 13.8. The number of aliphatic carboxylic acids is 1. The standard InChI is InChI=1S/C14H14N2O3/c15-12(8-13(17)18)14(19)16-11-6-5-9-3-1-2-4-10(9)7-11/h1-7,12H,8,15H2,(H,16,19)(H,17,18). The Morgan fingerprint density at radius 2 is 1.84 bits per heavy atom. The van der Waals surface area contributed by atoms with Crippen LogP contribution in [0.15, 0.2) is 42.5 Å². The van der Waals surface area contributed by atoms with Crippen LogP contribution >= 0.6 is 0 Å². The van der Waals surface area contributed by atoms with Crippen LogP contribution in [-0.2, 0) is 9.59 Å². The Kier molecular flexibility index (Phi) is 3.77. The summed E-state index contributed by atoms with van der Waals surface area (Å²) in [6.07, 6.45) is -0.389. The molecule has 1 amide bonds. The number of benzene rings is 2. The van der Waals surface area contributed by atoms with Crippen LogP contribution in [0.1, 0.15) is 6.42 Å². The van der Waals surface area contributed by atoms with Gasteiger partial charge in [-0.1, -0.05) is 30.3 Å². The number of carbonyl (C=O) groups is 2. The van der Waals surface area contributed by atoms with Gasteiger partial charge in [0.1, 0.15) is 0 Å². The molecule has 0 aliphatic carbocycles. The van der Waals surface area contributed by atoms with Crippen LogP contribution in [0.4, 0.5) is 5.69 Å². The molecule has 1 atom stereocenters. The molecule has 2 rings (SSSR count). The lowest BCUT2D eigenvalue weighted by molar-refractivity contribution is -0.138. The van der Waals surface area contributed by atoms with Crippen molar-refractivity contribution < 1.29 is 14.7 Å². The van der Waals surface area contributed by atoms with Gasteiger partial charge in [-0.25, -0.2) is 0 Å². The highest BCUT2D eigenvalue weighted by molar-refractivity contribution is 5.98. The molecule has 0 aliphatic rings. The number of hydrogen-bond donors (Lipinski definition) is 3. The molecule has 5 heteroatoms. The predicted octanol–water partition coefficient (Wildman–Crippen LogP) is 1.58. The second-order valence-corrected chi connectivity index (χ2v) is 4.26. The summed E-state index contributed by atoms with van der Waals surface area (Å²) in [5, 5.41) is 13.2. The van der Waals surface area contributed by atoms with E-state index in [2.05, 4.69) is 5.32 Å². The highest BCUT2D eigenvalue weighted by Gasteiger charge is 2.16. The maximum atomic E-state index is 11.7. The van der Waals surface area contributed by atoms with Gasteiger partial charge in [0, 0.05) is 5.69 Å². The molecule has 19 heavy (non-hydrogen) atoms. The van der Waals surface area contributed by atoms with E-state index in [1.165, 1.54) is 0 Å². The highest BCUT2D eigenvalue weighted by atomic mass is 16.4. The summed E-state index contributed by atoms with van der Waals surface area (Å²) >= 11 is 0. The van der Waals surface area contributed by atoms with Gasteiger partial charge in [-0.15, -0.1) is 0 Å². The molecule has 0 heterocycles. The molecule has 0 aliphatic heterocycles. The van der Waals surface area contributed by atoms with Crippen molar-refractivity contribution in [3.63, 3.8) is 0 Å². The van der Waals surface area contributed by atoms with Crippen molar-refractivity contribution in [2.75, 3.05) is 5.32 Å². The zero-order valence-electron chi connectivity index (χ0n) is 10.2. The summed E-state index contributed by atoms with van der Waals surface area (Å²) in [6.45, 7) is 0. The second kappa shape index (κ2) is 5.49. The van der Waals surface area contributed by atoms with E-state index in [-0.39, 0.29) is 6.42 Å². The Bertz CT molecular complexity index is 625. The van der Waals surface area contributed by atoms with Crippen molar-refractivity contribution >= 4 is 28.3 Å². The molecule has 5 nitrogen and oxygen atoms in total. The first-order valence-electron chi connectivity index (χ1n) is 5.83. The monoisotopic (exact) mass is 258 g/mol. The average Bonchev–Trinajstić information content (AvgIpc) is 2.37. The maximum absolute atomic E-state index is 11.7. The molecule has 1 unspecified atom stereocenters. The van der Waals surface area contributed by atoms with Gasteiger partial charge >= 0.3 is 5.97 Å². The fourth-order valence-electron chi connectivity index (χ4n) is 1.78. The number of nitrogens with one attached hydrogen (secondary N) is 1. The van der Waals surface area contributed by atoms with Crippen molar-refractivity contribution in [1.29, 1.82) is 0 Å². The predicted molar refractivity (Wildman–Crippen MR) is 72.8 cm³/mol. The van der Waals surface area contributed by atoms with Gasteiger partial charge in [-0.05, 0) is 22.9 Å². The Morgan fingerprint density at radius 1 is 1.16 bits per heavy atom. The summed E-state index contributed by atoms with van der Waals surface area (Å²) < 4.78 is 0. The summed E-state index contributed by atoms with van der Waals surface area (Å²) in [4.78, 5) is 22.2. The average molecular weight is 258 g/mol. The summed E-state index contributed by atoms with van der Waals surface area (Å²) in [7, 11) is 0. The normalized spacial score (nSPS) is 12.1. The number of nitrogens with two attached hydrogens (primary N) is 1. The first-order valence-corrected chi connectivity index (χ1v) is 5.83. The van der Waals surface area contributed by atoms with Crippen LogP contribution in [0.3, 0.4) is 0 Å².